The molecular weight excluding hydrogens is 322 g/mol. The Balaban J connectivity index is 0.00000161. The van der Waals surface area contributed by atoms with Crippen molar-refractivity contribution in [2.24, 2.45) is 17.6 Å². The molecule has 0 radical (unpaired) electrons. The van der Waals surface area contributed by atoms with Crippen LogP contribution in [0.2, 0.25) is 0 Å². The maximum Gasteiger partial charge on any atom is 0.246 e. The molecule has 2 fully saturated rings. The predicted molar refractivity (Wildman–Crippen MR) is 76.6 cm³/mol. The van der Waals surface area contributed by atoms with Crippen molar-refractivity contribution >= 4 is 22.4 Å². The van der Waals surface area contributed by atoms with Gasteiger partial charge in [-0.05, 0) is 36.8 Å². The fraction of sp³-hybridized carbons (Fsp3) is 0.538. The van der Waals surface area contributed by atoms with Crippen LogP contribution in [0.1, 0.15) is 12.8 Å². The van der Waals surface area contributed by atoms with Gasteiger partial charge in [-0.2, -0.15) is 4.31 Å². The smallest absolute Gasteiger partial charge is 0.246 e. The van der Waals surface area contributed by atoms with E-state index in [9.17, 15) is 17.2 Å². The largest absolute Gasteiger partial charge is 0.327 e. The molecule has 1 aromatic rings. The number of nitrogens with zero attached hydrogens (tertiary/aromatic N) is 1. The summed E-state index contributed by atoms with van der Waals surface area (Å²) in [6, 6.07) is 3.20. The van der Waals surface area contributed by atoms with E-state index in [-0.39, 0.29) is 30.3 Å². The molecule has 1 aromatic carbocycles. The zero-order valence-electron chi connectivity index (χ0n) is 11.2. The summed E-state index contributed by atoms with van der Waals surface area (Å²) >= 11 is 0. The van der Waals surface area contributed by atoms with Crippen LogP contribution in [0.3, 0.4) is 0 Å². The summed E-state index contributed by atoms with van der Waals surface area (Å²) in [5, 5.41) is 0. The zero-order chi connectivity index (χ0) is 14.5. The van der Waals surface area contributed by atoms with E-state index < -0.39 is 26.6 Å². The highest BCUT2D eigenvalue weighted by Gasteiger charge is 2.45. The molecular formula is C13H17ClF2N2O2S. The van der Waals surface area contributed by atoms with E-state index >= 15 is 0 Å². The van der Waals surface area contributed by atoms with E-state index in [1.54, 1.807) is 0 Å². The second kappa shape index (κ2) is 5.79. The third-order valence-electron chi connectivity index (χ3n) is 4.41. The Hall–Kier alpha value is -0.760. The van der Waals surface area contributed by atoms with Gasteiger partial charge in [0.15, 0.2) is 11.6 Å². The fourth-order valence-electron chi connectivity index (χ4n) is 3.29. The van der Waals surface area contributed by atoms with E-state index in [0.29, 0.717) is 13.1 Å². The summed E-state index contributed by atoms with van der Waals surface area (Å²) in [6.45, 7) is 0.640. The topological polar surface area (TPSA) is 63.4 Å². The Morgan fingerprint density at radius 3 is 2.57 bits per heavy atom. The third kappa shape index (κ3) is 2.67. The van der Waals surface area contributed by atoms with Crippen LogP contribution in [0.4, 0.5) is 8.78 Å². The first-order valence-corrected chi connectivity index (χ1v) is 8.05. The highest BCUT2D eigenvalue weighted by Crippen LogP contribution is 2.39. The molecule has 3 atom stereocenters. The number of fused-ring (bicyclic) bond motifs is 1. The van der Waals surface area contributed by atoms with Gasteiger partial charge in [-0.15, -0.1) is 12.4 Å². The molecule has 2 aliphatic rings. The average molecular weight is 339 g/mol. The third-order valence-corrected chi connectivity index (χ3v) is 6.26. The standard InChI is InChI=1S/C13H16F2N2O2S.ClH/c14-10-2-1-3-12(13(10)15)20(18,19)17-6-8-4-5-11(16)9(8)7-17;/h1-3,8-9,11H,4-7,16H2;1H. The minimum Gasteiger partial charge on any atom is -0.327 e. The Morgan fingerprint density at radius 2 is 1.90 bits per heavy atom. The minimum atomic E-state index is -3.99. The Morgan fingerprint density at radius 1 is 1.19 bits per heavy atom. The lowest BCUT2D eigenvalue weighted by Gasteiger charge is -2.19. The Kier molecular flexibility index (Phi) is 4.58. The normalized spacial score (nSPS) is 29.2. The Labute approximate surface area is 128 Å². The molecule has 2 N–H and O–H groups in total. The number of benzene rings is 1. The predicted octanol–water partition coefficient (Wildman–Crippen LogP) is 1.74. The average Bonchev–Trinajstić information content (AvgIpc) is 2.96. The van der Waals surface area contributed by atoms with Crippen molar-refractivity contribution in [3.8, 4) is 0 Å². The molecule has 1 aliphatic carbocycles. The van der Waals surface area contributed by atoms with Crippen LogP contribution in [-0.4, -0.2) is 31.9 Å². The van der Waals surface area contributed by atoms with Crippen LogP contribution in [0, 0.1) is 23.5 Å². The summed E-state index contributed by atoms with van der Waals surface area (Å²) in [7, 11) is -3.99. The monoisotopic (exact) mass is 338 g/mol. The molecule has 1 heterocycles. The fourth-order valence-corrected chi connectivity index (χ4v) is 4.89. The maximum atomic E-state index is 13.7. The van der Waals surface area contributed by atoms with Crippen molar-refractivity contribution in [3.05, 3.63) is 29.8 Å². The molecule has 4 nitrogen and oxygen atoms in total. The lowest BCUT2D eigenvalue weighted by Crippen LogP contribution is -2.34. The number of rotatable bonds is 2. The van der Waals surface area contributed by atoms with Crippen LogP contribution >= 0.6 is 12.4 Å². The van der Waals surface area contributed by atoms with Gasteiger partial charge in [0, 0.05) is 19.1 Å². The summed E-state index contributed by atoms with van der Waals surface area (Å²) in [6.07, 6.45) is 1.79. The molecule has 118 valence electrons. The molecule has 8 heteroatoms. The summed E-state index contributed by atoms with van der Waals surface area (Å²) in [4.78, 5) is -0.592. The molecule has 21 heavy (non-hydrogen) atoms. The van der Waals surface area contributed by atoms with E-state index in [2.05, 4.69) is 0 Å². The summed E-state index contributed by atoms with van der Waals surface area (Å²) in [5.41, 5.74) is 5.96. The van der Waals surface area contributed by atoms with E-state index in [1.807, 2.05) is 0 Å². The highest BCUT2D eigenvalue weighted by molar-refractivity contribution is 7.89. The Bertz CT molecular complexity index is 641. The van der Waals surface area contributed by atoms with Gasteiger partial charge in [-0.1, -0.05) is 6.07 Å². The van der Waals surface area contributed by atoms with Crippen LogP contribution in [0.25, 0.3) is 0 Å². The number of sulfonamides is 1. The van der Waals surface area contributed by atoms with Crippen molar-refractivity contribution in [2.75, 3.05) is 13.1 Å². The van der Waals surface area contributed by atoms with Gasteiger partial charge in [0.2, 0.25) is 10.0 Å². The first-order chi connectivity index (χ1) is 9.41. The number of halogens is 3. The number of hydrogen-bond acceptors (Lipinski definition) is 3. The van der Waals surface area contributed by atoms with Gasteiger partial charge in [0.25, 0.3) is 0 Å². The molecule has 0 spiro atoms. The van der Waals surface area contributed by atoms with Crippen LogP contribution in [0.5, 0.6) is 0 Å². The van der Waals surface area contributed by atoms with Gasteiger partial charge in [0.05, 0.1) is 0 Å². The molecule has 3 unspecified atom stereocenters. The molecule has 1 aliphatic heterocycles. The van der Waals surface area contributed by atoms with Crippen molar-refractivity contribution in [3.63, 3.8) is 0 Å². The number of hydrogen-bond donors (Lipinski definition) is 1. The lowest BCUT2D eigenvalue weighted by molar-refractivity contribution is 0.420. The molecule has 3 rings (SSSR count). The van der Waals surface area contributed by atoms with Crippen LogP contribution in [0.15, 0.2) is 23.1 Å². The second-order valence-corrected chi connectivity index (χ2v) is 7.45. The first kappa shape index (κ1) is 16.6. The maximum absolute atomic E-state index is 13.7. The summed E-state index contributed by atoms with van der Waals surface area (Å²) in [5.74, 6) is -2.10. The molecule has 1 saturated carbocycles. The number of nitrogens with two attached hydrogens (primary N) is 1. The molecule has 1 saturated heterocycles. The highest BCUT2D eigenvalue weighted by atomic mass is 35.5. The second-order valence-electron chi connectivity index (χ2n) is 5.54. The van der Waals surface area contributed by atoms with E-state index in [1.165, 1.54) is 10.4 Å². The summed E-state index contributed by atoms with van der Waals surface area (Å²) < 4.78 is 53.0. The molecule has 0 aromatic heterocycles. The van der Waals surface area contributed by atoms with Crippen molar-refractivity contribution in [2.45, 2.75) is 23.8 Å². The molecule has 0 bridgehead atoms. The van der Waals surface area contributed by atoms with Gasteiger partial charge in [-0.3, -0.25) is 0 Å². The molecule has 0 amide bonds. The minimum absolute atomic E-state index is 0. The van der Waals surface area contributed by atoms with Crippen LogP contribution < -0.4 is 5.73 Å². The quantitative estimate of drug-likeness (QED) is 0.893. The van der Waals surface area contributed by atoms with E-state index in [4.69, 9.17) is 5.73 Å². The van der Waals surface area contributed by atoms with Gasteiger partial charge < -0.3 is 5.73 Å². The zero-order valence-corrected chi connectivity index (χ0v) is 12.8. The van der Waals surface area contributed by atoms with Crippen molar-refractivity contribution in [1.82, 2.24) is 4.31 Å². The lowest BCUT2D eigenvalue weighted by atomic mass is 9.98. The van der Waals surface area contributed by atoms with Gasteiger partial charge in [-0.25, -0.2) is 17.2 Å². The van der Waals surface area contributed by atoms with Crippen molar-refractivity contribution in [1.29, 1.82) is 0 Å². The van der Waals surface area contributed by atoms with Gasteiger partial charge >= 0.3 is 0 Å². The van der Waals surface area contributed by atoms with Crippen molar-refractivity contribution < 1.29 is 17.2 Å². The van der Waals surface area contributed by atoms with Gasteiger partial charge in [0.1, 0.15) is 4.90 Å². The SMILES string of the molecule is Cl.NC1CCC2CN(S(=O)(=O)c3cccc(F)c3F)CC12. The van der Waals surface area contributed by atoms with E-state index in [0.717, 1.165) is 25.0 Å². The van der Waals surface area contributed by atoms with Crippen LogP contribution in [-0.2, 0) is 10.0 Å². The first-order valence-electron chi connectivity index (χ1n) is 6.61.